The van der Waals surface area contributed by atoms with Gasteiger partial charge in [0.15, 0.2) is 0 Å². The van der Waals surface area contributed by atoms with Crippen LogP contribution in [0.25, 0.3) is 0 Å². The molecule has 3 nitrogen and oxygen atoms in total. The zero-order valence-corrected chi connectivity index (χ0v) is 12.8. The van der Waals surface area contributed by atoms with Gasteiger partial charge in [-0.25, -0.2) is 8.42 Å². The average Bonchev–Trinajstić information content (AvgIpc) is 2.89. The van der Waals surface area contributed by atoms with Crippen molar-refractivity contribution in [2.75, 3.05) is 10.6 Å². The second-order valence-electron chi connectivity index (χ2n) is 6.99. The molecule has 4 heteroatoms. The van der Waals surface area contributed by atoms with Gasteiger partial charge in [0, 0.05) is 0 Å². The Labute approximate surface area is 115 Å². The lowest BCUT2D eigenvalue weighted by molar-refractivity contribution is 0.575. The van der Waals surface area contributed by atoms with Gasteiger partial charge in [0.05, 0.1) is 17.5 Å². The van der Waals surface area contributed by atoms with E-state index in [4.69, 9.17) is 0 Å². The van der Waals surface area contributed by atoms with Crippen LogP contribution in [0.5, 0.6) is 0 Å². The number of benzene rings is 1. The number of nitrogens with zero attached hydrogens (tertiary/aromatic N) is 1. The Kier molecular flexibility index (Phi) is 2.42. The van der Waals surface area contributed by atoms with Gasteiger partial charge in [-0.1, -0.05) is 39.0 Å². The van der Waals surface area contributed by atoms with E-state index in [9.17, 15) is 8.42 Å². The van der Waals surface area contributed by atoms with Gasteiger partial charge in [-0.05, 0) is 35.8 Å². The van der Waals surface area contributed by atoms with Crippen molar-refractivity contribution in [2.45, 2.75) is 51.0 Å². The molecule has 3 rings (SSSR count). The molecule has 0 unspecified atom stereocenters. The van der Waals surface area contributed by atoms with Gasteiger partial charge >= 0.3 is 0 Å². The van der Waals surface area contributed by atoms with Crippen LogP contribution in [0.3, 0.4) is 0 Å². The smallest absolute Gasteiger partial charge is 0.232 e. The minimum Gasteiger partial charge on any atom is -0.263 e. The van der Waals surface area contributed by atoms with E-state index >= 15 is 0 Å². The Balaban J connectivity index is 2.26. The molecule has 0 saturated heterocycles. The van der Waals surface area contributed by atoms with Gasteiger partial charge in [0.2, 0.25) is 10.0 Å². The highest BCUT2D eigenvalue weighted by Crippen LogP contribution is 2.56. The molecule has 2 aliphatic rings. The minimum atomic E-state index is -3.21. The highest BCUT2D eigenvalue weighted by molar-refractivity contribution is 7.92. The van der Waals surface area contributed by atoms with Crippen LogP contribution in [0.4, 0.5) is 5.69 Å². The van der Waals surface area contributed by atoms with Crippen LogP contribution in [-0.4, -0.2) is 20.2 Å². The van der Waals surface area contributed by atoms with Crippen molar-refractivity contribution >= 4 is 15.7 Å². The first-order valence-corrected chi connectivity index (χ1v) is 8.63. The molecule has 104 valence electrons. The molecule has 1 heterocycles. The number of rotatable bonds is 1. The van der Waals surface area contributed by atoms with E-state index in [-0.39, 0.29) is 11.0 Å². The second kappa shape index (κ2) is 3.54. The maximum Gasteiger partial charge on any atom is 0.232 e. The Morgan fingerprint density at radius 3 is 2.32 bits per heavy atom. The van der Waals surface area contributed by atoms with Crippen molar-refractivity contribution in [3.8, 4) is 0 Å². The third-order valence-corrected chi connectivity index (χ3v) is 5.47. The standard InChI is InChI=1S/C15H21NO2S/c1-14(2,3)12-7-5-6-11-10-15(8-9-15)16(13(11)12)19(4,17)18/h5-7H,8-10H2,1-4H3. The number of para-hydroxylation sites is 1. The number of hydrogen-bond acceptors (Lipinski definition) is 2. The van der Waals surface area contributed by atoms with Crippen molar-refractivity contribution in [1.82, 2.24) is 0 Å². The lowest BCUT2D eigenvalue weighted by atomic mass is 9.85. The number of hydrogen-bond donors (Lipinski definition) is 0. The molecule has 0 aromatic heterocycles. The lowest BCUT2D eigenvalue weighted by Crippen LogP contribution is -2.39. The fourth-order valence-electron chi connectivity index (χ4n) is 3.28. The first kappa shape index (κ1) is 13.0. The van der Waals surface area contributed by atoms with Gasteiger partial charge in [0.25, 0.3) is 0 Å². The quantitative estimate of drug-likeness (QED) is 0.792. The van der Waals surface area contributed by atoms with E-state index in [1.165, 1.54) is 11.8 Å². The predicted octanol–water partition coefficient (Wildman–Crippen LogP) is 2.84. The summed E-state index contributed by atoms with van der Waals surface area (Å²) < 4.78 is 26.2. The van der Waals surface area contributed by atoms with Crippen LogP contribution in [0.1, 0.15) is 44.7 Å². The fourth-order valence-corrected chi connectivity index (χ4v) is 4.78. The Bertz CT molecular complexity index is 637. The summed E-state index contributed by atoms with van der Waals surface area (Å²) >= 11 is 0. The summed E-state index contributed by atoms with van der Waals surface area (Å²) in [6.07, 6.45) is 4.18. The average molecular weight is 279 g/mol. The molecule has 1 aliphatic heterocycles. The van der Waals surface area contributed by atoms with E-state index in [1.807, 2.05) is 0 Å². The molecule has 0 radical (unpaired) electrons. The predicted molar refractivity (Wildman–Crippen MR) is 78.1 cm³/mol. The van der Waals surface area contributed by atoms with Crippen molar-refractivity contribution in [3.63, 3.8) is 0 Å². The number of fused-ring (bicyclic) bond motifs is 1. The largest absolute Gasteiger partial charge is 0.263 e. The van der Waals surface area contributed by atoms with Gasteiger partial charge in [-0.3, -0.25) is 4.31 Å². The Morgan fingerprint density at radius 2 is 1.84 bits per heavy atom. The fraction of sp³-hybridized carbons (Fsp3) is 0.600. The highest BCUT2D eigenvalue weighted by atomic mass is 32.2. The molecule has 19 heavy (non-hydrogen) atoms. The molecule has 1 saturated carbocycles. The molecule has 1 fully saturated rings. The molecule has 1 spiro atoms. The van der Waals surface area contributed by atoms with Crippen LogP contribution in [0.2, 0.25) is 0 Å². The summed E-state index contributed by atoms with van der Waals surface area (Å²) in [7, 11) is -3.21. The summed E-state index contributed by atoms with van der Waals surface area (Å²) in [4.78, 5) is 0. The molecule has 1 aromatic rings. The molecular weight excluding hydrogens is 258 g/mol. The molecule has 1 aromatic carbocycles. The maximum atomic E-state index is 12.3. The van der Waals surface area contributed by atoms with Gasteiger partial charge in [-0.2, -0.15) is 0 Å². The topological polar surface area (TPSA) is 37.4 Å². The monoisotopic (exact) mass is 279 g/mol. The zero-order valence-electron chi connectivity index (χ0n) is 12.0. The van der Waals surface area contributed by atoms with Crippen LogP contribution in [-0.2, 0) is 21.9 Å². The third kappa shape index (κ3) is 1.88. The summed E-state index contributed by atoms with van der Waals surface area (Å²) in [6.45, 7) is 6.42. The van der Waals surface area contributed by atoms with Crippen LogP contribution >= 0.6 is 0 Å². The molecule has 1 aliphatic carbocycles. The lowest BCUT2D eigenvalue weighted by Gasteiger charge is -2.30. The van der Waals surface area contributed by atoms with Crippen molar-refractivity contribution in [3.05, 3.63) is 29.3 Å². The zero-order chi connectivity index (χ0) is 14.1. The molecule has 0 atom stereocenters. The van der Waals surface area contributed by atoms with Crippen LogP contribution in [0, 0.1) is 0 Å². The van der Waals surface area contributed by atoms with Crippen molar-refractivity contribution in [1.29, 1.82) is 0 Å². The summed E-state index contributed by atoms with van der Waals surface area (Å²) in [6, 6.07) is 6.20. The highest BCUT2D eigenvalue weighted by Gasteiger charge is 2.57. The normalized spacial score (nSPS) is 20.7. The van der Waals surface area contributed by atoms with Crippen molar-refractivity contribution in [2.24, 2.45) is 0 Å². The molecular formula is C15H21NO2S. The van der Waals surface area contributed by atoms with Gasteiger partial charge in [0.1, 0.15) is 0 Å². The van der Waals surface area contributed by atoms with E-state index in [0.717, 1.165) is 30.5 Å². The molecule has 0 amide bonds. The second-order valence-corrected chi connectivity index (χ2v) is 8.82. The maximum absolute atomic E-state index is 12.3. The molecule has 0 bridgehead atoms. The SMILES string of the molecule is CC(C)(C)c1cccc2c1N(S(C)(=O)=O)C1(CC1)C2. The van der Waals surface area contributed by atoms with Crippen molar-refractivity contribution < 1.29 is 8.42 Å². The van der Waals surface area contributed by atoms with E-state index in [1.54, 1.807) is 4.31 Å². The van der Waals surface area contributed by atoms with E-state index in [2.05, 4.69) is 39.0 Å². The number of sulfonamides is 1. The van der Waals surface area contributed by atoms with Gasteiger partial charge in [-0.15, -0.1) is 0 Å². The first-order valence-electron chi connectivity index (χ1n) is 6.78. The Morgan fingerprint density at radius 1 is 1.21 bits per heavy atom. The first-order chi connectivity index (χ1) is 8.65. The van der Waals surface area contributed by atoms with Gasteiger partial charge < -0.3 is 0 Å². The summed E-state index contributed by atoms with van der Waals surface area (Å²) in [5.41, 5.74) is 3.09. The summed E-state index contributed by atoms with van der Waals surface area (Å²) in [5, 5.41) is 0. The Hall–Kier alpha value is -1.03. The van der Waals surface area contributed by atoms with Crippen LogP contribution in [0.15, 0.2) is 18.2 Å². The number of anilines is 1. The van der Waals surface area contributed by atoms with Crippen LogP contribution < -0.4 is 4.31 Å². The summed E-state index contributed by atoms with van der Waals surface area (Å²) in [5.74, 6) is 0. The minimum absolute atomic E-state index is 0.0469. The third-order valence-electron chi connectivity index (χ3n) is 4.24. The molecule has 0 N–H and O–H groups in total. The van der Waals surface area contributed by atoms with E-state index < -0.39 is 10.0 Å². The van der Waals surface area contributed by atoms with E-state index in [0.29, 0.717) is 0 Å².